The largest absolute Gasteiger partial charge is 0.507 e. The molecule has 7 rings (SSSR count). The Labute approximate surface area is 336 Å². The summed E-state index contributed by atoms with van der Waals surface area (Å²) >= 11 is 0. The highest BCUT2D eigenvalue weighted by Gasteiger charge is 2.55. The number of aliphatic hydroxyl groups excluding tert-OH is 1. The average Bonchev–Trinajstić information content (AvgIpc) is 3.18. The van der Waals surface area contributed by atoms with Crippen LogP contribution in [0.25, 0.3) is 0 Å². The molecule has 13 atom stereocenters. The van der Waals surface area contributed by atoms with Crippen LogP contribution in [0.1, 0.15) is 121 Å². The Balaban J connectivity index is 1.14. The van der Waals surface area contributed by atoms with Gasteiger partial charge in [0.2, 0.25) is 0 Å². The van der Waals surface area contributed by atoms with Crippen LogP contribution >= 0.6 is 0 Å². The second-order valence-electron chi connectivity index (χ2n) is 16.2. The molecule has 0 amide bonds. The first-order valence-electron chi connectivity index (χ1n) is 19.9. The van der Waals surface area contributed by atoms with Crippen molar-refractivity contribution in [3.63, 3.8) is 0 Å². The van der Waals surface area contributed by atoms with Crippen LogP contribution in [0.3, 0.4) is 0 Å². The summed E-state index contributed by atoms with van der Waals surface area (Å²) in [6.45, 7) is 6.88. The summed E-state index contributed by atoms with van der Waals surface area (Å²) in [6, 6.07) is 5.69. The molecule has 3 heterocycles. The first kappa shape index (κ1) is 42.3. The second-order valence-corrected chi connectivity index (χ2v) is 16.2. The van der Waals surface area contributed by atoms with E-state index in [0.29, 0.717) is 12.8 Å². The van der Waals surface area contributed by atoms with E-state index in [9.17, 15) is 39.6 Å². The Morgan fingerprint density at radius 3 is 1.97 bits per heavy atom. The molecule has 316 valence electrons. The number of phenolic OH excluding ortho intramolecular Hbond substituents is 2. The zero-order chi connectivity index (χ0) is 42.0. The smallest absolute Gasteiger partial charge is 0.316 e. The van der Waals surface area contributed by atoms with Gasteiger partial charge in [0.1, 0.15) is 35.7 Å². The van der Waals surface area contributed by atoms with Crippen LogP contribution in [0.15, 0.2) is 24.3 Å². The van der Waals surface area contributed by atoms with E-state index in [-0.39, 0.29) is 59.8 Å². The van der Waals surface area contributed by atoms with E-state index in [0.717, 1.165) is 7.11 Å². The number of phenols is 2. The number of likely N-dealkylation sites (N-methyl/N-ethyl adjacent to an activating group) is 1. The molecular formula is C42H53NO15. The minimum Gasteiger partial charge on any atom is -0.507 e. The summed E-state index contributed by atoms with van der Waals surface area (Å²) < 4.78 is 42.5. The second kappa shape index (κ2) is 16.3. The monoisotopic (exact) mass is 811 g/mol. The third-order valence-electron chi connectivity index (χ3n) is 12.4. The fourth-order valence-electron chi connectivity index (χ4n) is 9.28. The van der Waals surface area contributed by atoms with E-state index in [4.69, 9.17) is 33.2 Å². The summed E-state index contributed by atoms with van der Waals surface area (Å²) in [6.07, 6.45) is -7.05. The van der Waals surface area contributed by atoms with Crippen molar-refractivity contribution in [2.45, 2.75) is 145 Å². The minimum absolute atomic E-state index is 0.00332. The molecule has 4 N–H and O–H groups in total. The van der Waals surface area contributed by atoms with Crippen LogP contribution in [-0.2, 0) is 42.7 Å². The highest BCUT2D eigenvalue weighted by molar-refractivity contribution is 6.30. The fourth-order valence-corrected chi connectivity index (χ4v) is 9.28. The summed E-state index contributed by atoms with van der Waals surface area (Å²) in [5.41, 5.74) is -3.11. The number of carbonyl (C=O) groups is 4. The van der Waals surface area contributed by atoms with Gasteiger partial charge in [-0.2, -0.15) is 0 Å². The van der Waals surface area contributed by atoms with E-state index in [1.165, 1.54) is 12.1 Å². The lowest BCUT2D eigenvalue weighted by molar-refractivity contribution is -0.324. The van der Waals surface area contributed by atoms with Crippen LogP contribution in [0.5, 0.6) is 11.5 Å². The molecule has 2 aliphatic carbocycles. The number of rotatable bonds is 9. The fraction of sp³-hybridized carbons (Fsp3) is 0.619. The first-order chi connectivity index (χ1) is 27.5. The van der Waals surface area contributed by atoms with Gasteiger partial charge >= 0.3 is 5.97 Å². The number of aromatic hydroxyl groups is 2. The SMILES string of the molecule is CC[C@@]1(O)C[C@H](OC2C[C@H](N(C)C)[C@H](O[C@H]3C[C@H](O)[C@@H](O[C@@H]4CCC(=O)[C@H](C)O4)[C@H](C)O3)[C@H](C)O2)c2c(O)c3c(c(O)c2[C@H]1C(=O)OC)C(=O)c1ccccc1C3=O. The topological polar surface area (TPSA) is 217 Å². The predicted octanol–water partition coefficient (Wildman–Crippen LogP) is 3.16. The van der Waals surface area contributed by atoms with Crippen LogP contribution in [0.4, 0.5) is 0 Å². The number of ketones is 3. The molecule has 16 nitrogen and oxygen atoms in total. The molecule has 0 spiro atoms. The number of Topliss-reactive ketones (excluding diaryl/α,β-unsaturated/α-hetero) is 1. The summed E-state index contributed by atoms with van der Waals surface area (Å²) in [7, 11) is 4.84. The Kier molecular flexibility index (Phi) is 11.9. The summed E-state index contributed by atoms with van der Waals surface area (Å²) in [5, 5.41) is 47.2. The molecule has 0 bridgehead atoms. The lowest BCUT2D eigenvalue weighted by atomic mass is 9.66. The predicted molar refractivity (Wildman–Crippen MR) is 201 cm³/mol. The van der Waals surface area contributed by atoms with E-state index in [1.807, 2.05) is 19.0 Å². The third kappa shape index (κ3) is 7.36. The Morgan fingerprint density at radius 2 is 1.41 bits per heavy atom. The minimum atomic E-state index is -1.88. The maximum Gasteiger partial charge on any atom is 0.316 e. The van der Waals surface area contributed by atoms with Gasteiger partial charge in [-0.15, -0.1) is 0 Å². The number of hydrogen-bond acceptors (Lipinski definition) is 16. The molecule has 58 heavy (non-hydrogen) atoms. The van der Waals surface area contributed by atoms with Crippen molar-refractivity contribution in [2.24, 2.45) is 0 Å². The molecule has 3 fully saturated rings. The van der Waals surface area contributed by atoms with Crippen molar-refractivity contribution in [1.82, 2.24) is 4.90 Å². The van der Waals surface area contributed by atoms with E-state index < -0.39 is 113 Å². The van der Waals surface area contributed by atoms with E-state index in [1.54, 1.807) is 39.8 Å². The summed E-state index contributed by atoms with van der Waals surface area (Å²) in [5.74, 6) is -5.26. The van der Waals surface area contributed by atoms with Crippen LogP contribution in [0, 0.1) is 0 Å². The molecule has 0 radical (unpaired) electrons. The molecule has 2 aromatic rings. The van der Waals surface area contributed by atoms with E-state index in [2.05, 4.69) is 0 Å². The number of carbonyl (C=O) groups excluding carboxylic acids is 4. The molecule has 3 aliphatic heterocycles. The number of esters is 1. The van der Waals surface area contributed by atoms with Crippen molar-refractivity contribution < 1.29 is 72.8 Å². The lowest BCUT2D eigenvalue weighted by Crippen LogP contribution is -2.58. The number of nitrogens with zero attached hydrogens (tertiary/aromatic N) is 1. The Bertz CT molecular complexity index is 1940. The lowest BCUT2D eigenvalue weighted by Gasteiger charge is -2.48. The molecule has 3 saturated heterocycles. The maximum absolute atomic E-state index is 13.9. The van der Waals surface area contributed by atoms with Gasteiger partial charge in [-0.25, -0.2) is 0 Å². The molecule has 5 aliphatic rings. The molecular weight excluding hydrogens is 758 g/mol. The van der Waals surface area contributed by atoms with Gasteiger partial charge in [0, 0.05) is 60.4 Å². The maximum atomic E-state index is 13.9. The van der Waals surface area contributed by atoms with Gasteiger partial charge < -0.3 is 58.5 Å². The zero-order valence-electron chi connectivity index (χ0n) is 33.7. The first-order valence-corrected chi connectivity index (χ1v) is 19.9. The van der Waals surface area contributed by atoms with Crippen LogP contribution < -0.4 is 0 Å². The van der Waals surface area contributed by atoms with Crippen molar-refractivity contribution in [2.75, 3.05) is 21.2 Å². The van der Waals surface area contributed by atoms with Gasteiger partial charge in [0.05, 0.1) is 48.3 Å². The van der Waals surface area contributed by atoms with Crippen LogP contribution in [0.2, 0.25) is 0 Å². The average molecular weight is 812 g/mol. The van der Waals surface area contributed by atoms with Gasteiger partial charge in [-0.05, 0) is 41.3 Å². The zero-order valence-corrected chi connectivity index (χ0v) is 33.7. The number of hydrogen-bond donors (Lipinski definition) is 4. The van der Waals surface area contributed by atoms with Crippen molar-refractivity contribution >= 4 is 23.3 Å². The van der Waals surface area contributed by atoms with Gasteiger partial charge in [0.15, 0.2) is 36.2 Å². The van der Waals surface area contributed by atoms with Crippen molar-refractivity contribution in [3.8, 4) is 11.5 Å². The number of fused-ring (bicyclic) bond motifs is 3. The quantitative estimate of drug-likeness (QED) is 0.180. The number of methoxy groups -OCH3 is 1. The van der Waals surface area contributed by atoms with Gasteiger partial charge in [0.25, 0.3) is 0 Å². The van der Waals surface area contributed by atoms with Gasteiger partial charge in [-0.3, -0.25) is 19.2 Å². The number of ether oxygens (including phenoxy) is 7. The number of aliphatic hydroxyl groups is 2. The molecule has 0 aromatic heterocycles. The van der Waals surface area contributed by atoms with Crippen molar-refractivity contribution in [3.05, 3.63) is 57.6 Å². The highest BCUT2D eigenvalue weighted by Crippen LogP contribution is 2.57. The molecule has 2 aromatic carbocycles. The standard InChI is InChI=1S/C42H53NO15/c1-8-42(51)17-26(30-31(34(42)41(50)52-7)38(49)33-32(37(30)48)35(46)21-11-9-10-12-22(21)36(33)47)56-28-15-23(43(5)6)39(19(3)54-28)58-29-16-25(45)40(20(4)55-29)57-27-14-13-24(44)18(2)53-27/h9-12,18-20,23,25-29,34,39-40,45,48-49,51H,8,13-17H2,1-7H3/t18-,19-,20-,23-,25-,26-,27+,28?,29-,34-,39+,40-,42+/m0/s1. The summed E-state index contributed by atoms with van der Waals surface area (Å²) in [4.78, 5) is 55.0. The Morgan fingerprint density at radius 1 is 0.845 bits per heavy atom. The van der Waals surface area contributed by atoms with Gasteiger partial charge in [-0.1, -0.05) is 31.2 Å². The normalized spacial score (nSPS) is 36.3. The highest BCUT2D eigenvalue weighted by atomic mass is 16.7. The van der Waals surface area contributed by atoms with E-state index >= 15 is 0 Å². The van der Waals surface area contributed by atoms with Crippen LogP contribution in [-0.4, -0.2) is 137 Å². The van der Waals surface area contributed by atoms with Crippen molar-refractivity contribution in [1.29, 1.82) is 0 Å². The Hall–Kier alpha value is -3.84. The molecule has 1 unspecified atom stereocenters. The molecule has 0 saturated carbocycles. The third-order valence-corrected chi connectivity index (χ3v) is 12.4. The molecule has 16 heteroatoms. The number of benzene rings is 2.